The molecule has 1 aromatic heterocycles. The second kappa shape index (κ2) is 5.35. The van der Waals surface area contributed by atoms with Crippen molar-refractivity contribution in [2.75, 3.05) is 11.5 Å². The normalized spacial score (nSPS) is 24.9. The summed E-state index contributed by atoms with van der Waals surface area (Å²) in [7, 11) is 0. The lowest BCUT2D eigenvalue weighted by atomic mass is 10.0. The Bertz CT molecular complexity index is 644. The molecule has 1 amide bonds. The van der Waals surface area contributed by atoms with Gasteiger partial charge in [-0.1, -0.05) is 11.8 Å². The quantitative estimate of drug-likeness (QED) is 0.583. The van der Waals surface area contributed by atoms with Gasteiger partial charge in [-0.2, -0.15) is 0 Å². The lowest BCUT2D eigenvalue weighted by Gasteiger charge is -2.48. The summed E-state index contributed by atoms with van der Waals surface area (Å²) >= 11 is 2.73. The number of aryl methyl sites for hydroxylation is 1. The van der Waals surface area contributed by atoms with Crippen LogP contribution in [0.4, 0.5) is 0 Å². The van der Waals surface area contributed by atoms with E-state index in [1.165, 1.54) is 28.4 Å². The molecule has 0 radical (unpaired) electrons. The van der Waals surface area contributed by atoms with Crippen LogP contribution in [0.15, 0.2) is 20.9 Å². The molecule has 3 rings (SSSR count). The smallest absolute Gasteiger partial charge is 0.352 e. The Hall–Kier alpha value is -1.52. The molecule has 3 N–H and O–H groups in total. The van der Waals surface area contributed by atoms with Crippen LogP contribution in [0.1, 0.15) is 5.89 Å². The van der Waals surface area contributed by atoms with Crippen molar-refractivity contribution < 1.29 is 19.1 Å². The van der Waals surface area contributed by atoms with E-state index >= 15 is 0 Å². The van der Waals surface area contributed by atoms with Gasteiger partial charge in [-0.3, -0.25) is 9.69 Å². The van der Waals surface area contributed by atoms with Crippen LogP contribution in [-0.2, 0) is 9.59 Å². The maximum absolute atomic E-state index is 11.8. The van der Waals surface area contributed by atoms with Gasteiger partial charge in [0.25, 0.3) is 5.22 Å². The van der Waals surface area contributed by atoms with Gasteiger partial charge in [0, 0.05) is 18.4 Å². The van der Waals surface area contributed by atoms with Crippen molar-refractivity contribution in [3.63, 3.8) is 0 Å². The Kier molecular flexibility index (Phi) is 3.68. The van der Waals surface area contributed by atoms with Gasteiger partial charge in [-0.05, 0) is 5.57 Å². The average Bonchev–Trinajstić information content (AvgIpc) is 2.88. The number of aliphatic carboxylic acids is 1. The molecule has 0 saturated carbocycles. The summed E-state index contributed by atoms with van der Waals surface area (Å²) in [6, 6.07) is -0.614. The Morgan fingerprint density at radius 2 is 2.38 bits per heavy atom. The van der Waals surface area contributed by atoms with Crippen LogP contribution in [0.5, 0.6) is 0 Å². The SMILES string of the molecule is Cc1nnc(SCC2=C(C(=O)O)N3C(=O)C(N)[C@@H]3SC2)o1. The minimum atomic E-state index is -1.11. The highest BCUT2D eigenvalue weighted by atomic mass is 32.2. The topological polar surface area (TPSA) is 123 Å². The zero-order valence-electron chi connectivity index (χ0n) is 11.0. The number of fused-ring (bicyclic) bond motifs is 1. The second-order valence-corrected chi connectivity index (χ2v) is 6.60. The molecule has 2 aliphatic rings. The van der Waals surface area contributed by atoms with E-state index in [9.17, 15) is 14.7 Å². The first-order chi connectivity index (χ1) is 9.99. The standard InChI is InChI=1S/C11H12N4O4S2/c1-4-13-14-11(19-4)21-3-5-2-20-9-6(12)8(16)15(9)7(5)10(17)18/h6,9H,2-3,12H2,1H3,(H,17,18)/t6?,9-/m0/s1. The molecule has 0 aliphatic carbocycles. The summed E-state index contributed by atoms with van der Waals surface area (Å²) < 4.78 is 5.23. The number of thioether (sulfide) groups is 2. The van der Waals surface area contributed by atoms with E-state index in [-0.39, 0.29) is 17.0 Å². The summed E-state index contributed by atoms with van der Waals surface area (Å²) in [6.45, 7) is 1.68. The number of carbonyl (C=O) groups excluding carboxylic acids is 1. The van der Waals surface area contributed by atoms with E-state index in [0.29, 0.717) is 28.2 Å². The molecule has 3 heterocycles. The molecular formula is C11H12N4O4S2. The fourth-order valence-electron chi connectivity index (χ4n) is 2.18. The molecule has 1 saturated heterocycles. The Morgan fingerprint density at radius 1 is 1.62 bits per heavy atom. The fourth-order valence-corrected chi connectivity index (χ4v) is 4.41. The molecule has 21 heavy (non-hydrogen) atoms. The van der Waals surface area contributed by atoms with Crippen LogP contribution >= 0.6 is 23.5 Å². The van der Waals surface area contributed by atoms with Crippen LogP contribution in [0.3, 0.4) is 0 Å². The highest BCUT2D eigenvalue weighted by molar-refractivity contribution is 8.01. The van der Waals surface area contributed by atoms with E-state index in [0.717, 1.165) is 0 Å². The predicted octanol–water partition coefficient (Wildman–Crippen LogP) is 0.0512. The summed E-state index contributed by atoms with van der Waals surface area (Å²) in [4.78, 5) is 24.5. The highest BCUT2D eigenvalue weighted by Gasteiger charge is 2.51. The minimum absolute atomic E-state index is 0.0363. The number of hydrogen-bond acceptors (Lipinski definition) is 8. The van der Waals surface area contributed by atoms with Crippen LogP contribution in [-0.4, -0.2) is 55.0 Å². The Morgan fingerprint density at radius 3 is 3.00 bits per heavy atom. The average molecular weight is 328 g/mol. The van der Waals surface area contributed by atoms with E-state index in [4.69, 9.17) is 10.2 Å². The maximum atomic E-state index is 11.8. The van der Waals surface area contributed by atoms with E-state index in [2.05, 4.69) is 10.2 Å². The van der Waals surface area contributed by atoms with Gasteiger partial charge < -0.3 is 15.3 Å². The highest BCUT2D eigenvalue weighted by Crippen LogP contribution is 2.40. The monoisotopic (exact) mass is 328 g/mol. The summed E-state index contributed by atoms with van der Waals surface area (Å²) in [5.41, 5.74) is 6.38. The largest absolute Gasteiger partial charge is 0.477 e. The zero-order chi connectivity index (χ0) is 15.1. The predicted molar refractivity (Wildman–Crippen MR) is 75.5 cm³/mol. The first-order valence-electron chi connectivity index (χ1n) is 6.07. The lowest BCUT2D eigenvalue weighted by Crippen LogP contribution is -2.68. The van der Waals surface area contributed by atoms with E-state index in [1.807, 2.05) is 0 Å². The maximum Gasteiger partial charge on any atom is 0.352 e. The second-order valence-electron chi connectivity index (χ2n) is 4.57. The van der Waals surface area contributed by atoms with Gasteiger partial charge in [0.05, 0.1) is 0 Å². The first kappa shape index (κ1) is 14.4. The number of β-lactam (4-membered cyclic amide) rings is 1. The molecule has 0 aromatic carbocycles. The van der Waals surface area contributed by atoms with Gasteiger partial charge in [-0.25, -0.2) is 4.79 Å². The van der Waals surface area contributed by atoms with Crippen LogP contribution in [0.25, 0.3) is 0 Å². The molecular weight excluding hydrogens is 316 g/mol. The number of carbonyl (C=O) groups is 2. The fraction of sp³-hybridized carbons (Fsp3) is 0.455. The van der Waals surface area contributed by atoms with E-state index < -0.39 is 12.0 Å². The van der Waals surface area contributed by atoms with Crippen molar-refractivity contribution in [3.05, 3.63) is 17.2 Å². The third-order valence-electron chi connectivity index (χ3n) is 3.17. The van der Waals surface area contributed by atoms with Crippen LogP contribution in [0, 0.1) is 6.92 Å². The van der Waals surface area contributed by atoms with Crippen molar-refractivity contribution in [2.45, 2.75) is 23.6 Å². The van der Waals surface area contributed by atoms with Crippen molar-refractivity contribution in [1.29, 1.82) is 0 Å². The lowest BCUT2D eigenvalue weighted by molar-refractivity contribution is -0.147. The van der Waals surface area contributed by atoms with Crippen molar-refractivity contribution >= 4 is 35.4 Å². The molecule has 112 valence electrons. The molecule has 1 fully saturated rings. The summed E-state index contributed by atoms with van der Waals surface area (Å²) in [5.74, 6) is -0.114. The molecule has 0 bridgehead atoms. The number of hydrogen-bond donors (Lipinski definition) is 2. The number of amides is 1. The number of nitrogens with zero attached hydrogens (tertiary/aromatic N) is 3. The zero-order valence-corrected chi connectivity index (χ0v) is 12.6. The number of aromatic nitrogens is 2. The molecule has 2 aliphatic heterocycles. The third-order valence-corrected chi connectivity index (χ3v) is 5.43. The van der Waals surface area contributed by atoms with Crippen molar-refractivity contribution in [2.24, 2.45) is 5.73 Å². The molecule has 8 nitrogen and oxygen atoms in total. The summed E-state index contributed by atoms with van der Waals surface area (Å²) in [6.07, 6.45) is 0. The Labute approximate surface area is 128 Å². The van der Waals surface area contributed by atoms with E-state index in [1.54, 1.807) is 6.92 Å². The van der Waals surface area contributed by atoms with Gasteiger partial charge in [-0.15, -0.1) is 22.0 Å². The van der Waals surface area contributed by atoms with Crippen LogP contribution < -0.4 is 5.73 Å². The van der Waals surface area contributed by atoms with Gasteiger partial charge in [0.2, 0.25) is 11.8 Å². The van der Waals surface area contributed by atoms with Gasteiger partial charge in [0.15, 0.2) is 0 Å². The molecule has 1 unspecified atom stereocenters. The van der Waals surface area contributed by atoms with Crippen LogP contribution in [0.2, 0.25) is 0 Å². The molecule has 10 heteroatoms. The Balaban J connectivity index is 1.81. The molecule has 2 atom stereocenters. The number of rotatable bonds is 4. The van der Waals surface area contributed by atoms with Crippen molar-refractivity contribution in [1.82, 2.24) is 15.1 Å². The molecule has 1 aromatic rings. The summed E-state index contributed by atoms with van der Waals surface area (Å²) in [5, 5.41) is 17.0. The van der Waals surface area contributed by atoms with Gasteiger partial charge >= 0.3 is 5.97 Å². The van der Waals surface area contributed by atoms with Gasteiger partial charge in [0.1, 0.15) is 17.1 Å². The third kappa shape index (κ3) is 2.43. The number of carboxylic acids is 1. The van der Waals surface area contributed by atoms with Crippen molar-refractivity contribution in [3.8, 4) is 0 Å². The first-order valence-corrected chi connectivity index (χ1v) is 8.11. The number of carboxylic acid groups (broad SMARTS) is 1. The minimum Gasteiger partial charge on any atom is -0.477 e. The number of nitrogens with two attached hydrogens (primary N) is 1. The molecule has 0 spiro atoms.